The topological polar surface area (TPSA) is 25.0 Å². The normalized spacial score (nSPS) is 15.3. The van der Waals surface area contributed by atoms with Gasteiger partial charge in [-0.2, -0.15) is 0 Å². The molecule has 2 nitrogen and oxygen atoms in total. The van der Waals surface area contributed by atoms with E-state index in [1.807, 2.05) is 0 Å². The van der Waals surface area contributed by atoms with Crippen LogP contribution in [0.4, 0.5) is 0 Å². The average Bonchev–Trinajstić information content (AvgIpc) is 3.16. The molecule has 2 aromatic carbocycles. The largest absolute Gasteiger partial charge is 0.493 e. The van der Waals surface area contributed by atoms with Gasteiger partial charge >= 0.3 is 0 Å². The molecule has 3 aromatic rings. The molecule has 0 unspecified atom stereocenters. The highest BCUT2D eigenvalue weighted by Gasteiger charge is 2.21. The fourth-order valence-electron chi connectivity index (χ4n) is 2.42. The van der Waals surface area contributed by atoms with Gasteiger partial charge in [-0.1, -0.05) is 18.2 Å². The summed E-state index contributed by atoms with van der Waals surface area (Å²) >= 11 is 0. The number of ether oxygens (including phenoxy) is 1. The van der Waals surface area contributed by atoms with Crippen molar-refractivity contribution in [2.45, 2.75) is 12.8 Å². The Labute approximate surface area is 106 Å². The van der Waals surface area contributed by atoms with Gasteiger partial charge in [0.15, 0.2) is 0 Å². The average molecular weight is 237 g/mol. The second-order valence-electron chi connectivity index (χ2n) is 5.13. The van der Waals surface area contributed by atoms with E-state index in [9.17, 15) is 0 Å². The van der Waals surface area contributed by atoms with Crippen LogP contribution in [0, 0.1) is 5.92 Å². The number of aromatic nitrogens is 1. The predicted molar refractivity (Wildman–Crippen MR) is 74.0 cm³/mol. The smallest absolute Gasteiger partial charge is 0.121 e. The number of para-hydroxylation sites is 1. The van der Waals surface area contributed by atoms with Crippen molar-refractivity contribution in [3.8, 4) is 5.75 Å². The van der Waals surface area contributed by atoms with Crippen LogP contribution in [0.1, 0.15) is 12.8 Å². The fraction of sp³-hybridized carbons (Fsp3) is 0.250. The van der Waals surface area contributed by atoms with E-state index in [0.717, 1.165) is 23.8 Å². The molecule has 0 saturated heterocycles. The lowest BCUT2D eigenvalue weighted by Gasteiger charge is -2.04. The zero-order valence-corrected chi connectivity index (χ0v) is 10.1. The van der Waals surface area contributed by atoms with Crippen LogP contribution in [0.2, 0.25) is 0 Å². The van der Waals surface area contributed by atoms with Crippen molar-refractivity contribution in [3.63, 3.8) is 0 Å². The van der Waals surface area contributed by atoms with Crippen LogP contribution in [0.25, 0.3) is 21.8 Å². The van der Waals surface area contributed by atoms with Gasteiger partial charge < -0.3 is 9.72 Å². The van der Waals surface area contributed by atoms with E-state index in [4.69, 9.17) is 4.74 Å². The number of nitrogens with one attached hydrogen (secondary N) is 1. The van der Waals surface area contributed by atoms with E-state index in [1.54, 1.807) is 0 Å². The lowest BCUT2D eigenvalue weighted by Crippen LogP contribution is -1.98. The summed E-state index contributed by atoms with van der Waals surface area (Å²) in [7, 11) is 0. The first-order valence-electron chi connectivity index (χ1n) is 6.53. The molecule has 1 aliphatic rings. The molecule has 4 rings (SSSR count). The van der Waals surface area contributed by atoms with Crippen LogP contribution < -0.4 is 4.74 Å². The molecule has 0 amide bonds. The van der Waals surface area contributed by atoms with E-state index < -0.39 is 0 Å². The molecule has 0 spiro atoms. The number of H-pyrrole nitrogens is 1. The van der Waals surface area contributed by atoms with Gasteiger partial charge in [0.25, 0.3) is 0 Å². The number of rotatable bonds is 3. The molecule has 1 aromatic heterocycles. The van der Waals surface area contributed by atoms with Crippen LogP contribution in [-0.4, -0.2) is 11.6 Å². The lowest BCUT2D eigenvalue weighted by molar-refractivity contribution is 0.300. The highest BCUT2D eigenvalue weighted by molar-refractivity contribution is 6.07. The molecule has 1 saturated carbocycles. The number of benzene rings is 2. The van der Waals surface area contributed by atoms with Gasteiger partial charge in [0.05, 0.1) is 12.1 Å². The molecule has 1 aliphatic carbocycles. The van der Waals surface area contributed by atoms with Gasteiger partial charge in [-0.05, 0) is 37.0 Å². The maximum atomic E-state index is 5.81. The highest BCUT2D eigenvalue weighted by atomic mass is 16.5. The Balaban J connectivity index is 1.76. The second kappa shape index (κ2) is 3.77. The Kier molecular flexibility index (Phi) is 2.10. The highest BCUT2D eigenvalue weighted by Crippen LogP contribution is 2.31. The quantitative estimate of drug-likeness (QED) is 0.728. The molecule has 1 heterocycles. The van der Waals surface area contributed by atoms with Crippen molar-refractivity contribution in [1.29, 1.82) is 0 Å². The zero-order valence-electron chi connectivity index (χ0n) is 10.1. The summed E-state index contributed by atoms with van der Waals surface area (Å²) in [5, 5.41) is 2.55. The first kappa shape index (κ1) is 10.0. The van der Waals surface area contributed by atoms with E-state index >= 15 is 0 Å². The summed E-state index contributed by atoms with van der Waals surface area (Å²) in [4.78, 5) is 3.44. The summed E-state index contributed by atoms with van der Waals surface area (Å²) in [5.41, 5.74) is 2.34. The maximum absolute atomic E-state index is 5.81. The number of aromatic amines is 1. The van der Waals surface area contributed by atoms with Gasteiger partial charge in [0.2, 0.25) is 0 Å². The van der Waals surface area contributed by atoms with Crippen LogP contribution in [-0.2, 0) is 0 Å². The van der Waals surface area contributed by atoms with Gasteiger partial charge in [0, 0.05) is 22.4 Å². The van der Waals surface area contributed by atoms with Crippen LogP contribution in [0.3, 0.4) is 0 Å². The summed E-state index contributed by atoms with van der Waals surface area (Å²) in [6, 6.07) is 14.7. The third kappa shape index (κ3) is 1.65. The van der Waals surface area contributed by atoms with Crippen LogP contribution >= 0.6 is 0 Å². The molecule has 1 N–H and O–H groups in total. The fourth-order valence-corrected chi connectivity index (χ4v) is 2.42. The zero-order chi connectivity index (χ0) is 11.9. The van der Waals surface area contributed by atoms with Gasteiger partial charge in [-0.15, -0.1) is 0 Å². The minimum absolute atomic E-state index is 0.795. The van der Waals surface area contributed by atoms with Crippen molar-refractivity contribution in [3.05, 3.63) is 42.5 Å². The molecular weight excluding hydrogens is 222 g/mol. The molecule has 1 fully saturated rings. The van der Waals surface area contributed by atoms with Crippen LogP contribution in [0.5, 0.6) is 5.75 Å². The first-order chi connectivity index (χ1) is 8.90. The molecule has 90 valence electrons. The third-order valence-corrected chi connectivity index (χ3v) is 3.66. The second-order valence-corrected chi connectivity index (χ2v) is 5.13. The van der Waals surface area contributed by atoms with E-state index in [0.29, 0.717) is 0 Å². The van der Waals surface area contributed by atoms with E-state index in [-0.39, 0.29) is 0 Å². The van der Waals surface area contributed by atoms with Crippen LogP contribution in [0.15, 0.2) is 42.5 Å². The Morgan fingerprint density at radius 1 is 1.00 bits per heavy atom. The minimum atomic E-state index is 0.795. The summed E-state index contributed by atoms with van der Waals surface area (Å²) in [6.07, 6.45) is 2.66. The summed E-state index contributed by atoms with van der Waals surface area (Å²) in [5.74, 6) is 1.77. The van der Waals surface area contributed by atoms with Crippen molar-refractivity contribution >= 4 is 21.8 Å². The lowest BCUT2D eigenvalue weighted by atomic mass is 10.1. The molecule has 0 aliphatic heterocycles. The van der Waals surface area contributed by atoms with Crippen molar-refractivity contribution in [2.75, 3.05) is 6.61 Å². The van der Waals surface area contributed by atoms with Gasteiger partial charge in [-0.25, -0.2) is 0 Å². The van der Waals surface area contributed by atoms with E-state index in [2.05, 4.69) is 47.4 Å². The number of fused-ring (bicyclic) bond motifs is 3. The molecule has 2 heteroatoms. The summed E-state index contributed by atoms with van der Waals surface area (Å²) in [6.45, 7) is 0.867. The van der Waals surface area contributed by atoms with Crippen molar-refractivity contribution in [1.82, 2.24) is 4.98 Å². The molecule has 18 heavy (non-hydrogen) atoms. The van der Waals surface area contributed by atoms with Gasteiger partial charge in [0.1, 0.15) is 5.75 Å². The Morgan fingerprint density at radius 3 is 2.72 bits per heavy atom. The molecule has 0 atom stereocenters. The SMILES string of the molecule is c1ccc2c(c1)[nH]c1cc(OCC3CC3)ccc12. The molecular formula is C16H15NO. The van der Waals surface area contributed by atoms with Gasteiger partial charge in [-0.3, -0.25) is 0 Å². The molecule has 0 radical (unpaired) electrons. The summed E-state index contributed by atoms with van der Waals surface area (Å²) < 4.78 is 5.81. The number of hydrogen-bond donors (Lipinski definition) is 1. The monoisotopic (exact) mass is 237 g/mol. The maximum Gasteiger partial charge on any atom is 0.121 e. The third-order valence-electron chi connectivity index (χ3n) is 3.66. The Morgan fingerprint density at radius 2 is 1.83 bits per heavy atom. The van der Waals surface area contributed by atoms with Crippen molar-refractivity contribution in [2.24, 2.45) is 5.92 Å². The Bertz CT molecular complexity index is 709. The first-order valence-corrected chi connectivity index (χ1v) is 6.53. The predicted octanol–water partition coefficient (Wildman–Crippen LogP) is 4.11. The Hall–Kier alpha value is -1.96. The standard InChI is InChI=1S/C16H15NO/c1-2-4-15-13(3-1)14-8-7-12(9-16(14)17-15)18-10-11-5-6-11/h1-4,7-9,11,17H,5-6,10H2. The van der Waals surface area contributed by atoms with E-state index in [1.165, 1.54) is 29.1 Å². The number of hydrogen-bond acceptors (Lipinski definition) is 1. The van der Waals surface area contributed by atoms with Crippen molar-refractivity contribution < 1.29 is 4.74 Å². The minimum Gasteiger partial charge on any atom is -0.493 e. The molecule has 0 bridgehead atoms.